The lowest BCUT2D eigenvalue weighted by molar-refractivity contribution is -0.0933. The molecule has 2 aliphatic heterocycles. The van der Waals surface area contributed by atoms with E-state index < -0.39 is 28.6 Å². The molecule has 3 atom stereocenters. The Balaban J connectivity index is 1.46. The van der Waals surface area contributed by atoms with E-state index in [9.17, 15) is 8.42 Å². The monoisotopic (exact) mass is 542 g/mol. The highest BCUT2D eigenvalue weighted by atomic mass is 79.9. The number of hydrogen-bond acceptors (Lipinski definition) is 6. The van der Waals surface area contributed by atoms with E-state index in [0.29, 0.717) is 0 Å². The number of aryl methyl sites for hydroxylation is 1. The molecule has 152 valence electrons. The molecule has 0 bridgehead atoms. The molecular formula is C19H16Br2N2O5S. The standard InChI is InChI=1S/C19H16Br2N2O5S/c1-10-2-4-11(5-3-10)29(24,25)28-16-8-27-19-18(16)26-9-17-22-14-6-12(20)13(21)7-15(14)23(17)19/h2-7,16,18-19H,8-9H2,1H3/t16-,18-,19+/m1/s1. The number of aromatic nitrogens is 2. The normalized spacial score (nSPS) is 23.9. The minimum Gasteiger partial charge on any atom is -0.363 e. The molecule has 0 aliphatic carbocycles. The number of hydrogen-bond donors (Lipinski definition) is 0. The van der Waals surface area contributed by atoms with Crippen LogP contribution in [0.4, 0.5) is 0 Å². The molecule has 0 radical (unpaired) electrons. The van der Waals surface area contributed by atoms with Crippen LogP contribution in [0.3, 0.4) is 0 Å². The lowest BCUT2D eigenvalue weighted by Gasteiger charge is -2.29. The van der Waals surface area contributed by atoms with Gasteiger partial charge >= 0.3 is 0 Å². The van der Waals surface area contributed by atoms with Gasteiger partial charge in [0.05, 0.1) is 22.5 Å². The van der Waals surface area contributed by atoms with Gasteiger partial charge in [0.1, 0.15) is 24.6 Å². The van der Waals surface area contributed by atoms with Crippen LogP contribution in [0.15, 0.2) is 50.2 Å². The van der Waals surface area contributed by atoms with Crippen LogP contribution < -0.4 is 0 Å². The molecule has 0 amide bonds. The number of halogens is 2. The highest BCUT2D eigenvalue weighted by Crippen LogP contribution is 2.39. The molecular weight excluding hydrogens is 528 g/mol. The minimum absolute atomic E-state index is 0.108. The van der Waals surface area contributed by atoms with Crippen LogP contribution in [0.2, 0.25) is 0 Å². The summed E-state index contributed by atoms with van der Waals surface area (Å²) in [5.74, 6) is 0.730. The second kappa shape index (κ2) is 7.14. The number of fused-ring (bicyclic) bond motifs is 5. The molecule has 0 saturated carbocycles. The fraction of sp³-hybridized carbons (Fsp3) is 0.316. The fourth-order valence-corrected chi connectivity index (χ4v) is 5.41. The molecule has 0 spiro atoms. The number of benzene rings is 2. The second-order valence-corrected chi connectivity index (χ2v) is 10.3. The maximum absolute atomic E-state index is 12.7. The molecule has 0 unspecified atom stereocenters. The van der Waals surface area contributed by atoms with Gasteiger partial charge in [-0.25, -0.2) is 4.98 Å². The Morgan fingerprint density at radius 2 is 1.86 bits per heavy atom. The van der Waals surface area contributed by atoms with Crippen LogP contribution in [0.5, 0.6) is 0 Å². The lowest BCUT2D eigenvalue weighted by atomic mass is 10.2. The largest absolute Gasteiger partial charge is 0.363 e. The van der Waals surface area contributed by atoms with E-state index in [0.717, 1.165) is 31.4 Å². The van der Waals surface area contributed by atoms with E-state index in [4.69, 9.17) is 13.7 Å². The Kier molecular flexibility index (Phi) is 4.84. The summed E-state index contributed by atoms with van der Waals surface area (Å²) in [6, 6.07) is 10.4. The lowest BCUT2D eigenvalue weighted by Crippen LogP contribution is -2.38. The highest BCUT2D eigenvalue weighted by Gasteiger charge is 2.46. The number of nitrogens with zero attached hydrogens (tertiary/aromatic N) is 2. The van der Waals surface area contributed by atoms with Crippen LogP contribution in [0.25, 0.3) is 11.0 Å². The fourth-order valence-electron chi connectivity index (χ4n) is 3.68. The summed E-state index contributed by atoms with van der Waals surface area (Å²) >= 11 is 7.01. The predicted molar refractivity (Wildman–Crippen MR) is 112 cm³/mol. The van der Waals surface area contributed by atoms with E-state index in [1.807, 2.05) is 23.6 Å². The van der Waals surface area contributed by atoms with Gasteiger partial charge in [0.25, 0.3) is 10.1 Å². The van der Waals surface area contributed by atoms with E-state index in [1.54, 1.807) is 12.1 Å². The Morgan fingerprint density at radius 3 is 2.62 bits per heavy atom. The molecule has 1 fully saturated rings. The Labute approximate surface area is 184 Å². The smallest absolute Gasteiger partial charge is 0.297 e. The summed E-state index contributed by atoms with van der Waals surface area (Å²) in [7, 11) is -3.93. The van der Waals surface area contributed by atoms with Gasteiger partial charge in [-0.1, -0.05) is 17.7 Å². The van der Waals surface area contributed by atoms with Crippen molar-refractivity contribution in [2.45, 2.75) is 36.9 Å². The van der Waals surface area contributed by atoms with Gasteiger partial charge in [-0.05, 0) is 63.0 Å². The van der Waals surface area contributed by atoms with Gasteiger partial charge in [-0.2, -0.15) is 8.42 Å². The van der Waals surface area contributed by atoms with Gasteiger partial charge in [-0.15, -0.1) is 0 Å². The summed E-state index contributed by atoms with van der Waals surface area (Å²) in [5, 5.41) is 0. The maximum atomic E-state index is 12.7. The van der Waals surface area contributed by atoms with Gasteiger partial charge < -0.3 is 9.47 Å². The van der Waals surface area contributed by atoms with Crippen molar-refractivity contribution in [3.8, 4) is 0 Å². The third kappa shape index (κ3) is 3.35. The van der Waals surface area contributed by atoms with Crippen LogP contribution in [-0.4, -0.2) is 36.8 Å². The first kappa shape index (κ1) is 19.7. The maximum Gasteiger partial charge on any atom is 0.297 e. The first-order valence-corrected chi connectivity index (χ1v) is 11.9. The molecule has 2 aliphatic rings. The van der Waals surface area contributed by atoms with Crippen molar-refractivity contribution in [1.82, 2.24) is 9.55 Å². The molecule has 3 heterocycles. The van der Waals surface area contributed by atoms with Crippen molar-refractivity contribution >= 4 is 53.0 Å². The predicted octanol–water partition coefficient (Wildman–Crippen LogP) is 4.07. The van der Waals surface area contributed by atoms with E-state index in [1.165, 1.54) is 12.1 Å². The topological polar surface area (TPSA) is 79.7 Å². The molecule has 0 N–H and O–H groups in total. The molecule has 7 nitrogen and oxygen atoms in total. The number of ether oxygens (including phenoxy) is 2. The van der Waals surface area contributed by atoms with Crippen molar-refractivity contribution in [2.24, 2.45) is 0 Å². The highest BCUT2D eigenvalue weighted by molar-refractivity contribution is 9.13. The molecule has 29 heavy (non-hydrogen) atoms. The molecule has 3 aromatic rings. The average molecular weight is 544 g/mol. The van der Waals surface area contributed by atoms with E-state index >= 15 is 0 Å². The minimum atomic E-state index is -3.93. The van der Waals surface area contributed by atoms with Gasteiger partial charge in [0.15, 0.2) is 6.23 Å². The number of rotatable bonds is 3. The summed E-state index contributed by atoms with van der Waals surface area (Å²) in [5.41, 5.74) is 2.66. The summed E-state index contributed by atoms with van der Waals surface area (Å²) in [4.78, 5) is 4.73. The second-order valence-electron chi connectivity index (χ2n) is 7.05. The van der Waals surface area contributed by atoms with Crippen LogP contribution in [0.1, 0.15) is 17.6 Å². The van der Waals surface area contributed by atoms with Crippen LogP contribution in [-0.2, 0) is 30.4 Å². The first-order valence-electron chi connectivity index (χ1n) is 8.92. The Hall–Kier alpha value is -1.30. The summed E-state index contributed by atoms with van der Waals surface area (Å²) < 4.78 is 46.5. The van der Waals surface area contributed by atoms with E-state index in [-0.39, 0.29) is 18.1 Å². The molecule has 10 heteroatoms. The molecule has 2 aromatic carbocycles. The zero-order valence-electron chi connectivity index (χ0n) is 15.2. The van der Waals surface area contributed by atoms with Crippen LogP contribution in [0, 0.1) is 6.92 Å². The number of imidazole rings is 1. The van der Waals surface area contributed by atoms with Gasteiger partial charge in [-0.3, -0.25) is 8.75 Å². The van der Waals surface area contributed by atoms with Crippen LogP contribution >= 0.6 is 31.9 Å². The zero-order chi connectivity index (χ0) is 20.3. The zero-order valence-corrected chi connectivity index (χ0v) is 19.2. The van der Waals surface area contributed by atoms with Crippen molar-refractivity contribution in [2.75, 3.05) is 6.61 Å². The third-order valence-corrected chi connectivity index (χ3v) is 8.30. The first-order chi connectivity index (χ1) is 13.8. The average Bonchev–Trinajstić information content (AvgIpc) is 3.23. The van der Waals surface area contributed by atoms with Crippen molar-refractivity contribution in [3.63, 3.8) is 0 Å². The Morgan fingerprint density at radius 1 is 1.14 bits per heavy atom. The molecule has 5 rings (SSSR count). The van der Waals surface area contributed by atoms with Crippen molar-refractivity contribution in [1.29, 1.82) is 0 Å². The SMILES string of the molecule is Cc1ccc(S(=O)(=O)O[C@@H]2CO[C@H]3[C@@H]2OCc2nc4cc(Br)c(Br)cc4n23)cc1. The Bertz CT molecular complexity index is 1210. The summed E-state index contributed by atoms with van der Waals surface area (Å²) in [6.07, 6.45) is -1.80. The molecule has 1 saturated heterocycles. The van der Waals surface area contributed by atoms with Gasteiger partial charge in [0.2, 0.25) is 0 Å². The van der Waals surface area contributed by atoms with Gasteiger partial charge in [0, 0.05) is 8.95 Å². The van der Waals surface area contributed by atoms with E-state index in [2.05, 4.69) is 36.8 Å². The van der Waals surface area contributed by atoms with Crippen molar-refractivity contribution < 1.29 is 22.1 Å². The third-order valence-electron chi connectivity index (χ3n) is 5.10. The molecule has 1 aromatic heterocycles. The quantitative estimate of drug-likeness (QED) is 0.463. The van der Waals surface area contributed by atoms with Crippen molar-refractivity contribution in [3.05, 3.63) is 56.7 Å². The summed E-state index contributed by atoms with van der Waals surface area (Å²) in [6.45, 7) is 2.25.